The molecule has 30 heavy (non-hydrogen) atoms. The van der Waals surface area contributed by atoms with Gasteiger partial charge in [0, 0.05) is 67.1 Å². The third-order valence-electron chi connectivity index (χ3n) is 5.60. The molecule has 1 aliphatic rings. The SMILES string of the molecule is CCN1CCN(CCNC(=O)c2cc(-c3cccnc3)nc3ccc(Br)cc23)CC1. The molecule has 7 heteroatoms. The van der Waals surface area contributed by atoms with E-state index in [-0.39, 0.29) is 5.91 Å². The van der Waals surface area contributed by atoms with Gasteiger partial charge < -0.3 is 10.2 Å². The zero-order valence-electron chi connectivity index (χ0n) is 17.1. The molecule has 6 nitrogen and oxygen atoms in total. The molecule has 3 aromatic rings. The number of carbonyl (C=O) groups excluding carboxylic acids is 1. The predicted molar refractivity (Wildman–Crippen MR) is 124 cm³/mol. The van der Waals surface area contributed by atoms with Crippen LogP contribution in [0.2, 0.25) is 0 Å². The minimum absolute atomic E-state index is 0.0714. The predicted octanol–water partition coefficient (Wildman–Crippen LogP) is 3.43. The maximum atomic E-state index is 13.1. The Morgan fingerprint density at radius 3 is 2.67 bits per heavy atom. The highest BCUT2D eigenvalue weighted by atomic mass is 79.9. The van der Waals surface area contributed by atoms with Crippen molar-refractivity contribution in [1.82, 2.24) is 25.1 Å². The third-order valence-corrected chi connectivity index (χ3v) is 6.09. The molecule has 1 N–H and O–H groups in total. The zero-order chi connectivity index (χ0) is 20.9. The van der Waals surface area contributed by atoms with Gasteiger partial charge in [0.05, 0.1) is 16.8 Å². The van der Waals surface area contributed by atoms with Crippen LogP contribution in [0.25, 0.3) is 22.2 Å². The molecule has 1 aromatic carbocycles. The molecular weight excluding hydrogens is 442 g/mol. The van der Waals surface area contributed by atoms with Crippen molar-refractivity contribution >= 4 is 32.7 Å². The van der Waals surface area contributed by atoms with Crippen molar-refractivity contribution in [3.8, 4) is 11.3 Å². The first-order chi connectivity index (χ1) is 14.6. The van der Waals surface area contributed by atoms with E-state index in [1.165, 1.54) is 0 Å². The van der Waals surface area contributed by atoms with Crippen LogP contribution < -0.4 is 5.32 Å². The van der Waals surface area contributed by atoms with Crippen molar-refractivity contribution in [1.29, 1.82) is 0 Å². The Bertz CT molecular complexity index is 1020. The molecule has 0 atom stereocenters. The fraction of sp³-hybridized carbons (Fsp3) is 0.348. The Morgan fingerprint density at radius 1 is 1.13 bits per heavy atom. The van der Waals surface area contributed by atoms with Crippen molar-refractivity contribution in [3.63, 3.8) is 0 Å². The quantitative estimate of drug-likeness (QED) is 0.601. The fourth-order valence-electron chi connectivity index (χ4n) is 3.80. The van der Waals surface area contributed by atoms with Gasteiger partial charge in [-0.25, -0.2) is 4.98 Å². The van der Waals surface area contributed by atoms with Gasteiger partial charge in [0.25, 0.3) is 5.91 Å². The van der Waals surface area contributed by atoms with E-state index in [9.17, 15) is 4.79 Å². The van der Waals surface area contributed by atoms with E-state index in [0.29, 0.717) is 12.1 Å². The monoisotopic (exact) mass is 467 g/mol. The molecule has 0 spiro atoms. The maximum Gasteiger partial charge on any atom is 0.252 e. The van der Waals surface area contributed by atoms with E-state index >= 15 is 0 Å². The number of piperazine rings is 1. The normalized spacial score (nSPS) is 15.4. The third kappa shape index (κ3) is 4.86. The Hall–Kier alpha value is -2.35. The number of hydrogen-bond acceptors (Lipinski definition) is 5. The molecule has 1 aliphatic heterocycles. The first-order valence-electron chi connectivity index (χ1n) is 10.4. The highest BCUT2D eigenvalue weighted by molar-refractivity contribution is 9.10. The van der Waals surface area contributed by atoms with Crippen molar-refractivity contribution in [2.45, 2.75) is 6.92 Å². The van der Waals surface area contributed by atoms with Crippen LogP contribution >= 0.6 is 15.9 Å². The minimum atomic E-state index is -0.0714. The Balaban J connectivity index is 1.51. The summed E-state index contributed by atoms with van der Waals surface area (Å²) in [5.74, 6) is -0.0714. The molecule has 1 saturated heterocycles. The van der Waals surface area contributed by atoms with Gasteiger partial charge in [0.15, 0.2) is 0 Å². The molecule has 2 aromatic heterocycles. The highest BCUT2D eigenvalue weighted by Crippen LogP contribution is 2.27. The van der Waals surface area contributed by atoms with Gasteiger partial charge in [-0.3, -0.25) is 14.7 Å². The number of aromatic nitrogens is 2. The lowest BCUT2D eigenvalue weighted by molar-refractivity contribution is 0.0939. The molecule has 0 radical (unpaired) electrons. The standard InChI is InChI=1S/C23H26BrN5O/c1-2-28-10-12-29(13-11-28)9-8-26-23(30)20-15-22(17-4-3-7-25-16-17)27-21-6-5-18(24)14-19(20)21/h3-7,14-16H,2,8-13H2,1H3,(H,26,30). The lowest BCUT2D eigenvalue weighted by Crippen LogP contribution is -2.48. The Kier molecular flexibility index (Phi) is 6.72. The van der Waals surface area contributed by atoms with E-state index in [1.807, 2.05) is 36.4 Å². The summed E-state index contributed by atoms with van der Waals surface area (Å²) in [6.45, 7) is 9.11. The lowest BCUT2D eigenvalue weighted by Gasteiger charge is -2.33. The molecule has 1 fully saturated rings. The van der Waals surface area contributed by atoms with Gasteiger partial charge in [0.2, 0.25) is 0 Å². The molecular formula is C23H26BrN5O. The van der Waals surface area contributed by atoms with Crippen LogP contribution in [0.5, 0.6) is 0 Å². The number of halogens is 1. The van der Waals surface area contributed by atoms with Crippen molar-refractivity contribution in [3.05, 3.63) is 58.8 Å². The molecule has 0 bridgehead atoms. The second-order valence-electron chi connectivity index (χ2n) is 7.49. The average Bonchev–Trinajstić information content (AvgIpc) is 2.79. The average molecular weight is 468 g/mol. The number of hydrogen-bond donors (Lipinski definition) is 1. The molecule has 3 heterocycles. The van der Waals surface area contributed by atoms with Gasteiger partial charge in [-0.15, -0.1) is 0 Å². The molecule has 156 valence electrons. The van der Waals surface area contributed by atoms with Crippen molar-refractivity contribution in [2.75, 3.05) is 45.8 Å². The minimum Gasteiger partial charge on any atom is -0.351 e. The van der Waals surface area contributed by atoms with Crippen LogP contribution in [0, 0.1) is 0 Å². The largest absolute Gasteiger partial charge is 0.351 e. The molecule has 0 aliphatic carbocycles. The second kappa shape index (κ2) is 9.64. The van der Waals surface area contributed by atoms with Crippen LogP contribution in [0.1, 0.15) is 17.3 Å². The highest BCUT2D eigenvalue weighted by Gasteiger charge is 2.17. The van der Waals surface area contributed by atoms with E-state index in [0.717, 1.165) is 65.9 Å². The Labute approximate surface area is 185 Å². The summed E-state index contributed by atoms with van der Waals surface area (Å²) < 4.78 is 0.925. The second-order valence-corrected chi connectivity index (χ2v) is 8.41. The van der Waals surface area contributed by atoms with Crippen LogP contribution in [-0.2, 0) is 0 Å². The summed E-state index contributed by atoms with van der Waals surface area (Å²) in [6, 6.07) is 11.5. The number of nitrogens with one attached hydrogen (secondary N) is 1. The van der Waals surface area contributed by atoms with E-state index in [2.05, 4.69) is 43.0 Å². The van der Waals surface area contributed by atoms with Crippen LogP contribution in [0.4, 0.5) is 0 Å². The first-order valence-corrected chi connectivity index (χ1v) is 11.2. The van der Waals surface area contributed by atoms with Gasteiger partial charge in [-0.2, -0.15) is 0 Å². The van der Waals surface area contributed by atoms with Crippen molar-refractivity contribution in [2.24, 2.45) is 0 Å². The summed E-state index contributed by atoms with van der Waals surface area (Å²) in [6.07, 6.45) is 3.50. The van der Waals surface area contributed by atoms with E-state index in [1.54, 1.807) is 12.4 Å². The van der Waals surface area contributed by atoms with Gasteiger partial charge >= 0.3 is 0 Å². The van der Waals surface area contributed by atoms with Crippen LogP contribution in [-0.4, -0.2) is 71.5 Å². The smallest absolute Gasteiger partial charge is 0.252 e. The Morgan fingerprint density at radius 2 is 1.93 bits per heavy atom. The number of likely N-dealkylation sites (N-methyl/N-ethyl adjacent to an activating group) is 1. The molecule has 0 saturated carbocycles. The summed E-state index contributed by atoms with van der Waals surface area (Å²) >= 11 is 3.51. The van der Waals surface area contributed by atoms with Crippen LogP contribution in [0.15, 0.2) is 53.3 Å². The topological polar surface area (TPSA) is 61.4 Å². The van der Waals surface area contributed by atoms with Gasteiger partial charge in [-0.1, -0.05) is 22.9 Å². The summed E-state index contributed by atoms with van der Waals surface area (Å²) in [7, 11) is 0. The number of amides is 1. The first kappa shape index (κ1) is 20.9. The summed E-state index contributed by atoms with van der Waals surface area (Å²) in [5.41, 5.74) is 3.07. The van der Waals surface area contributed by atoms with Gasteiger partial charge in [0.1, 0.15) is 0 Å². The van der Waals surface area contributed by atoms with Gasteiger partial charge in [-0.05, 0) is 42.9 Å². The summed E-state index contributed by atoms with van der Waals surface area (Å²) in [5, 5.41) is 3.95. The lowest BCUT2D eigenvalue weighted by atomic mass is 10.0. The van der Waals surface area contributed by atoms with E-state index in [4.69, 9.17) is 4.98 Å². The number of rotatable bonds is 6. The zero-order valence-corrected chi connectivity index (χ0v) is 18.7. The molecule has 0 unspecified atom stereocenters. The molecule has 4 rings (SSSR count). The summed E-state index contributed by atoms with van der Waals surface area (Å²) in [4.78, 5) is 26.9. The number of benzene rings is 1. The number of fused-ring (bicyclic) bond motifs is 1. The van der Waals surface area contributed by atoms with Crippen LogP contribution in [0.3, 0.4) is 0 Å². The van der Waals surface area contributed by atoms with E-state index < -0.39 is 0 Å². The number of nitrogens with zero attached hydrogens (tertiary/aromatic N) is 4. The fourth-order valence-corrected chi connectivity index (χ4v) is 4.16. The maximum absolute atomic E-state index is 13.1. The van der Waals surface area contributed by atoms with Crippen molar-refractivity contribution < 1.29 is 4.79 Å². The number of carbonyl (C=O) groups is 1. The molecule has 1 amide bonds. The number of pyridine rings is 2.